The van der Waals surface area contributed by atoms with Crippen molar-refractivity contribution in [1.29, 1.82) is 0 Å². The summed E-state index contributed by atoms with van der Waals surface area (Å²) in [7, 11) is 4.63. The van der Waals surface area contributed by atoms with Crippen LogP contribution in [0, 0.1) is 5.41 Å². The predicted molar refractivity (Wildman–Crippen MR) is 81.8 cm³/mol. The summed E-state index contributed by atoms with van der Waals surface area (Å²) in [6.07, 6.45) is -0.545. The van der Waals surface area contributed by atoms with Crippen LogP contribution in [0.4, 0.5) is 0 Å². The third-order valence-electron chi connectivity index (χ3n) is 3.01. The molecule has 0 fully saturated rings. The monoisotopic (exact) mass is 344 g/mol. The number of carbonyl (C=O) groups is 1. The zero-order valence-electron chi connectivity index (χ0n) is 12.7. The molecule has 1 atom stereocenters. The van der Waals surface area contributed by atoms with Crippen LogP contribution in [0.2, 0.25) is 0 Å². The van der Waals surface area contributed by atoms with Crippen LogP contribution in [-0.4, -0.2) is 33.2 Å². The van der Waals surface area contributed by atoms with Crippen molar-refractivity contribution in [2.45, 2.75) is 26.9 Å². The molecule has 1 unspecified atom stereocenters. The number of benzene rings is 1. The van der Waals surface area contributed by atoms with E-state index >= 15 is 0 Å². The van der Waals surface area contributed by atoms with E-state index in [2.05, 4.69) is 15.9 Å². The molecule has 1 aromatic rings. The van der Waals surface area contributed by atoms with Crippen molar-refractivity contribution < 1.29 is 19.0 Å². The lowest BCUT2D eigenvalue weighted by molar-refractivity contribution is 0.0193. The number of ketones is 1. The largest absolute Gasteiger partial charge is 0.495 e. The van der Waals surface area contributed by atoms with Gasteiger partial charge in [-0.05, 0) is 33.5 Å². The van der Waals surface area contributed by atoms with Crippen molar-refractivity contribution in [3.8, 4) is 11.5 Å². The minimum atomic E-state index is -0.545. The summed E-state index contributed by atoms with van der Waals surface area (Å²) in [5, 5.41) is 0. The highest BCUT2D eigenvalue weighted by atomic mass is 79.9. The molecule has 0 heterocycles. The summed E-state index contributed by atoms with van der Waals surface area (Å²) < 4.78 is 16.5. The molecule has 1 rings (SSSR count). The molecular weight excluding hydrogens is 324 g/mol. The van der Waals surface area contributed by atoms with E-state index in [0.29, 0.717) is 21.5 Å². The van der Waals surface area contributed by atoms with Gasteiger partial charge in [-0.15, -0.1) is 0 Å². The number of ether oxygens (including phenoxy) is 3. The molecule has 1 aromatic carbocycles. The molecule has 0 aliphatic rings. The molecular formula is C15H21BrO4. The second kappa shape index (κ2) is 6.59. The summed E-state index contributed by atoms with van der Waals surface area (Å²) >= 11 is 3.40. The molecule has 0 saturated carbocycles. The Labute approximate surface area is 128 Å². The Kier molecular flexibility index (Phi) is 5.59. The molecule has 0 aromatic heterocycles. The summed E-state index contributed by atoms with van der Waals surface area (Å²) in [4.78, 5) is 12.7. The van der Waals surface area contributed by atoms with Gasteiger partial charge in [0.1, 0.15) is 22.1 Å². The van der Waals surface area contributed by atoms with Gasteiger partial charge in [-0.25, -0.2) is 0 Å². The Morgan fingerprint density at radius 2 is 1.75 bits per heavy atom. The molecule has 112 valence electrons. The number of hydrogen-bond acceptors (Lipinski definition) is 4. The lowest BCUT2D eigenvalue weighted by Crippen LogP contribution is -2.36. The predicted octanol–water partition coefficient (Wildman–Crippen LogP) is 3.71. The van der Waals surface area contributed by atoms with E-state index in [4.69, 9.17) is 14.2 Å². The van der Waals surface area contributed by atoms with Crippen LogP contribution in [0.15, 0.2) is 16.6 Å². The van der Waals surface area contributed by atoms with Crippen LogP contribution in [0.3, 0.4) is 0 Å². The average molecular weight is 345 g/mol. The summed E-state index contributed by atoms with van der Waals surface area (Å²) in [5.74, 6) is 0.962. The Bertz CT molecular complexity index is 491. The van der Waals surface area contributed by atoms with Gasteiger partial charge in [0.2, 0.25) is 0 Å². The van der Waals surface area contributed by atoms with Crippen molar-refractivity contribution in [2.75, 3.05) is 21.3 Å². The van der Waals surface area contributed by atoms with Gasteiger partial charge in [-0.1, -0.05) is 20.8 Å². The summed E-state index contributed by atoms with van der Waals surface area (Å²) in [6.45, 7) is 5.89. The number of rotatable bonds is 5. The van der Waals surface area contributed by atoms with Crippen LogP contribution in [0.1, 0.15) is 31.1 Å². The highest BCUT2D eigenvalue weighted by molar-refractivity contribution is 9.10. The molecule has 20 heavy (non-hydrogen) atoms. The zero-order valence-corrected chi connectivity index (χ0v) is 14.3. The summed E-state index contributed by atoms with van der Waals surface area (Å²) in [6, 6.07) is 3.43. The Morgan fingerprint density at radius 1 is 1.15 bits per heavy atom. The minimum absolute atomic E-state index is 0.111. The van der Waals surface area contributed by atoms with Crippen LogP contribution in [0.5, 0.6) is 11.5 Å². The van der Waals surface area contributed by atoms with Gasteiger partial charge >= 0.3 is 0 Å². The van der Waals surface area contributed by atoms with E-state index in [0.717, 1.165) is 0 Å². The Balaban J connectivity index is 3.32. The van der Waals surface area contributed by atoms with Gasteiger partial charge in [-0.2, -0.15) is 0 Å². The van der Waals surface area contributed by atoms with Gasteiger partial charge in [0, 0.05) is 7.11 Å². The first-order valence-electron chi connectivity index (χ1n) is 6.25. The summed E-state index contributed by atoms with van der Waals surface area (Å²) in [5.41, 5.74) is 0.172. The third kappa shape index (κ3) is 3.33. The van der Waals surface area contributed by atoms with Gasteiger partial charge < -0.3 is 14.2 Å². The van der Waals surface area contributed by atoms with Gasteiger partial charge in [0.15, 0.2) is 5.78 Å². The molecule has 0 N–H and O–H groups in total. The Hall–Kier alpha value is -1.07. The lowest BCUT2D eigenvalue weighted by atomic mass is 9.84. The maximum absolute atomic E-state index is 12.7. The number of hydrogen-bond donors (Lipinski definition) is 0. The SMILES string of the molecule is COc1ccc(C(=O)C(OC)C(C)(C)C)c(OC)c1Br. The maximum atomic E-state index is 12.7. The second-order valence-electron chi connectivity index (χ2n) is 5.51. The number of methoxy groups -OCH3 is 3. The fourth-order valence-corrected chi connectivity index (χ4v) is 2.75. The van der Waals surface area contributed by atoms with Crippen LogP contribution in [0.25, 0.3) is 0 Å². The van der Waals surface area contributed by atoms with Gasteiger partial charge in [-0.3, -0.25) is 4.79 Å². The van der Waals surface area contributed by atoms with Crippen molar-refractivity contribution in [2.24, 2.45) is 5.41 Å². The van der Waals surface area contributed by atoms with Crippen molar-refractivity contribution >= 4 is 21.7 Å². The minimum Gasteiger partial charge on any atom is -0.495 e. The topological polar surface area (TPSA) is 44.8 Å². The van der Waals surface area contributed by atoms with Gasteiger partial charge in [0.25, 0.3) is 0 Å². The van der Waals surface area contributed by atoms with Crippen LogP contribution in [-0.2, 0) is 4.74 Å². The zero-order chi connectivity index (χ0) is 15.5. The molecule has 0 bridgehead atoms. The normalized spacial score (nSPS) is 12.9. The molecule has 0 spiro atoms. The van der Waals surface area contributed by atoms with E-state index < -0.39 is 6.10 Å². The molecule has 0 saturated heterocycles. The lowest BCUT2D eigenvalue weighted by Gasteiger charge is -2.28. The first-order valence-corrected chi connectivity index (χ1v) is 7.04. The van der Waals surface area contributed by atoms with E-state index in [-0.39, 0.29) is 11.2 Å². The smallest absolute Gasteiger partial charge is 0.195 e. The molecule has 0 radical (unpaired) electrons. The van der Waals surface area contributed by atoms with Crippen LogP contribution >= 0.6 is 15.9 Å². The highest BCUT2D eigenvalue weighted by Crippen LogP contribution is 2.39. The number of carbonyl (C=O) groups excluding carboxylic acids is 1. The molecule has 0 aliphatic carbocycles. The molecule has 4 nitrogen and oxygen atoms in total. The molecule has 0 aliphatic heterocycles. The van der Waals surface area contributed by atoms with Gasteiger partial charge in [0.05, 0.1) is 19.8 Å². The highest BCUT2D eigenvalue weighted by Gasteiger charge is 2.34. The van der Waals surface area contributed by atoms with E-state index in [1.807, 2.05) is 20.8 Å². The van der Waals surface area contributed by atoms with Crippen molar-refractivity contribution in [1.82, 2.24) is 0 Å². The molecule has 5 heteroatoms. The average Bonchev–Trinajstić information content (AvgIpc) is 2.37. The Morgan fingerprint density at radius 3 is 2.15 bits per heavy atom. The number of Topliss-reactive ketones (excluding diaryl/α,β-unsaturated/α-hetero) is 1. The fourth-order valence-electron chi connectivity index (χ4n) is 2.08. The maximum Gasteiger partial charge on any atom is 0.195 e. The van der Waals surface area contributed by atoms with E-state index in [1.54, 1.807) is 26.4 Å². The quantitative estimate of drug-likeness (QED) is 0.763. The van der Waals surface area contributed by atoms with E-state index in [9.17, 15) is 4.79 Å². The molecule has 0 amide bonds. The van der Waals surface area contributed by atoms with Crippen molar-refractivity contribution in [3.05, 3.63) is 22.2 Å². The second-order valence-corrected chi connectivity index (χ2v) is 6.30. The van der Waals surface area contributed by atoms with E-state index in [1.165, 1.54) is 7.11 Å². The van der Waals surface area contributed by atoms with Crippen molar-refractivity contribution in [3.63, 3.8) is 0 Å². The first kappa shape index (κ1) is 17.0. The third-order valence-corrected chi connectivity index (χ3v) is 3.76. The number of halogens is 1. The van der Waals surface area contributed by atoms with Crippen LogP contribution < -0.4 is 9.47 Å². The first-order chi connectivity index (χ1) is 9.27. The fraction of sp³-hybridized carbons (Fsp3) is 0.533. The standard InChI is InChI=1S/C15H21BrO4/c1-15(2,3)14(20-6)12(17)9-7-8-10(18-4)11(16)13(9)19-5/h7-8,14H,1-6H3.